The minimum Gasteiger partial charge on any atom is -0.372 e. The van der Waals surface area contributed by atoms with Crippen molar-refractivity contribution in [2.45, 2.75) is 18.4 Å². The first-order chi connectivity index (χ1) is 8.95. The van der Waals surface area contributed by atoms with Crippen LogP contribution >= 0.6 is 0 Å². The minimum absolute atomic E-state index is 0.205. The van der Waals surface area contributed by atoms with Gasteiger partial charge in [-0.3, -0.25) is 4.90 Å². The van der Waals surface area contributed by atoms with Gasteiger partial charge in [0.1, 0.15) is 17.2 Å². The zero-order valence-electron chi connectivity index (χ0n) is 10.5. The van der Waals surface area contributed by atoms with E-state index < -0.39 is 23.7 Å². The van der Waals surface area contributed by atoms with E-state index in [2.05, 4.69) is 0 Å². The molecule has 1 unspecified atom stereocenters. The van der Waals surface area contributed by atoms with Gasteiger partial charge in [-0.05, 0) is 24.1 Å². The average Bonchev–Trinajstić information content (AvgIpc) is 2.71. The van der Waals surface area contributed by atoms with Gasteiger partial charge in [-0.2, -0.15) is 0 Å². The van der Waals surface area contributed by atoms with Crippen molar-refractivity contribution in [2.24, 2.45) is 0 Å². The number of nitrogens with zero attached hydrogens (tertiary/aromatic N) is 1. The van der Waals surface area contributed by atoms with Crippen molar-refractivity contribution in [2.75, 3.05) is 26.7 Å². The molecule has 1 aliphatic rings. The van der Waals surface area contributed by atoms with Gasteiger partial charge in [0.25, 0.3) is 6.43 Å². The zero-order valence-corrected chi connectivity index (χ0v) is 10.5. The summed E-state index contributed by atoms with van der Waals surface area (Å²) in [6, 6.07) is 3.16. The van der Waals surface area contributed by atoms with Crippen molar-refractivity contribution in [3.05, 3.63) is 35.4 Å². The number of hydrogen-bond acceptors (Lipinski definition) is 2. The maximum atomic E-state index is 13.3. The van der Waals surface area contributed by atoms with Crippen molar-refractivity contribution in [1.82, 2.24) is 4.90 Å². The summed E-state index contributed by atoms with van der Waals surface area (Å²) in [6.07, 6.45) is -2.00. The molecule has 0 saturated carbocycles. The van der Waals surface area contributed by atoms with Gasteiger partial charge >= 0.3 is 0 Å². The highest BCUT2D eigenvalue weighted by atomic mass is 19.3. The van der Waals surface area contributed by atoms with Crippen LogP contribution in [0.25, 0.3) is 0 Å². The summed E-state index contributed by atoms with van der Waals surface area (Å²) in [7, 11) is 1.43. The molecular formula is C13H15F4NO. The first-order valence-corrected chi connectivity index (χ1v) is 5.97. The van der Waals surface area contributed by atoms with Crippen LogP contribution in [-0.2, 0) is 10.3 Å². The SMILES string of the molecule is COC1(c2cc(F)cc(F)c2)CCN(CC(F)F)C1. The van der Waals surface area contributed by atoms with E-state index in [1.165, 1.54) is 24.1 Å². The van der Waals surface area contributed by atoms with Crippen molar-refractivity contribution < 1.29 is 22.3 Å². The molecule has 1 aromatic rings. The zero-order chi connectivity index (χ0) is 14.0. The van der Waals surface area contributed by atoms with Crippen molar-refractivity contribution in [1.29, 1.82) is 0 Å². The second-order valence-corrected chi connectivity index (χ2v) is 4.73. The first kappa shape index (κ1) is 14.3. The van der Waals surface area contributed by atoms with Crippen LogP contribution in [0.3, 0.4) is 0 Å². The van der Waals surface area contributed by atoms with E-state index in [0.29, 0.717) is 18.5 Å². The number of alkyl halides is 2. The summed E-state index contributed by atoms with van der Waals surface area (Å²) >= 11 is 0. The molecule has 1 aromatic carbocycles. The molecule has 2 rings (SSSR count). The molecule has 1 fully saturated rings. The van der Waals surface area contributed by atoms with E-state index in [9.17, 15) is 17.6 Å². The van der Waals surface area contributed by atoms with E-state index in [0.717, 1.165) is 6.07 Å². The van der Waals surface area contributed by atoms with E-state index in [-0.39, 0.29) is 13.1 Å². The Labute approximate surface area is 109 Å². The third kappa shape index (κ3) is 3.06. The molecular weight excluding hydrogens is 262 g/mol. The number of methoxy groups -OCH3 is 1. The fourth-order valence-corrected chi connectivity index (χ4v) is 2.55. The standard InChI is InChI=1S/C13H15F4NO/c1-19-13(2-3-18(8-13)7-12(16)17)9-4-10(14)6-11(15)5-9/h4-6,12H,2-3,7-8H2,1H3. The molecule has 6 heteroatoms. The molecule has 0 aromatic heterocycles. The summed E-state index contributed by atoms with van der Waals surface area (Å²) in [5.74, 6) is -1.39. The van der Waals surface area contributed by atoms with Crippen molar-refractivity contribution in [3.8, 4) is 0 Å². The highest BCUT2D eigenvalue weighted by Crippen LogP contribution is 2.36. The first-order valence-electron chi connectivity index (χ1n) is 5.97. The Hall–Kier alpha value is -1.14. The van der Waals surface area contributed by atoms with E-state index >= 15 is 0 Å². The maximum absolute atomic E-state index is 13.3. The summed E-state index contributed by atoms with van der Waals surface area (Å²) in [5, 5.41) is 0. The maximum Gasteiger partial charge on any atom is 0.251 e. The highest BCUT2D eigenvalue weighted by Gasteiger charge is 2.41. The Balaban J connectivity index is 2.24. The number of halogens is 4. The number of hydrogen-bond donors (Lipinski definition) is 0. The lowest BCUT2D eigenvalue weighted by Crippen LogP contribution is -2.35. The Bertz CT molecular complexity index is 434. The number of likely N-dealkylation sites (tertiary alicyclic amines) is 1. The summed E-state index contributed by atoms with van der Waals surface area (Å²) < 4.78 is 56.7. The fraction of sp³-hybridized carbons (Fsp3) is 0.538. The number of benzene rings is 1. The quantitative estimate of drug-likeness (QED) is 0.785. The van der Waals surface area contributed by atoms with Crippen LogP contribution in [0.4, 0.5) is 17.6 Å². The van der Waals surface area contributed by atoms with Gasteiger partial charge in [0, 0.05) is 26.3 Å². The lowest BCUT2D eigenvalue weighted by molar-refractivity contribution is -0.0109. The lowest BCUT2D eigenvalue weighted by atomic mass is 9.92. The Morgan fingerprint density at radius 3 is 2.42 bits per heavy atom. The normalized spacial score (nSPS) is 24.3. The number of rotatable bonds is 4. The van der Waals surface area contributed by atoms with Crippen molar-refractivity contribution in [3.63, 3.8) is 0 Å². The predicted octanol–water partition coefficient (Wildman–Crippen LogP) is 2.78. The topological polar surface area (TPSA) is 12.5 Å². The third-order valence-corrected chi connectivity index (χ3v) is 3.49. The Morgan fingerprint density at radius 1 is 1.26 bits per heavy atom. The molecule has 1 atom stereocenters. The molecule has 1 aliphatic heterocycles. The highest BCUT2D eigenvalue weighted by molar-refractivity contribution is 5.26. The molecule has 106 valence electrons. The molecule has 0 bridgehead atoms. The molecule has 1 heterocycles. The molecule has 0 aliphatic carbocycles. The molecule has 0 spiro atoms. The molecule has 2 nitrogen and oxygen atoms in total. The van der Waals surface area contributed by atoms with Crippen LogP contribution in [0, 0.1) is 11.6 Å². The smallest absolute Gasteiger partial charge is 0.251 e. The second kappa shape index (κ2) is 5.46. The van der Waals surface area contributed by atoms with Crippen molar-refractivity contribution >= 4 is 0 Å². The minimum atomic E-state index is -2.43. The fourth-order valence-electron chi connectivity index (χ4n) is 2.55. The van der Waals surface area contributed by atoms with E-state index in [4.69, 9.17) is 4.74 Å². The Kier molecular flexibility index (Phi) is 4.10. The average molecular weight is 277 g/mol. The van der Waals surface area contributed by atoms with Crippen LogP contribution in [0.1, 0.15) is 12.0 Å². The largest absolute Gasteiger partial charge is 0.372 e. The van der Waals surface area contributed by atoms with Gasteiger partial charge in [-0.25, -0.2) is 17.6 Å². The summed E-state index contributed by atoms with van der Waals surface area (Å²) in [6.45, 7) is 0.260. The van der Waals surface area contributed by atoms with Crippen LogP contribution in [-0.4, -0.2) is 38.1 Å². The van der Waals surface area contributed by atoms with Crippen LogP contribution in [0.2, 0.25) is 0 Å². The van der Waals surface area contributed by atoms with E-state index in [1.54, 1.807) is 0 Å². The van der Waals surface area contributed by atoms with Gasteiger partial charge in [0.2, 0.25) is 0 Å². The summed E-state index contributed by atoms with van der Waals surface area (Å²) in [4.78, 5) is 1.54. The van der Waals surface area contributed by atoms with E-state index in [1.807, 2.05) is 0 Å². The number of ether oxygens (including phenoxy) is 1. The summed E-state index contributed by atoms with van der Waals surface area (Å²) in [5.41, 5.74) is -0.568. The van der Waals surface area contributed by atoms with Gasteiger partial charge in [-0.15, -0.1) is 0 Å². The predicted molar refractivity (Wildman–Crippen MR) is 62.1 cm³/mol. The second-order valence-electron chi connectivity index (χ2n) is 4.73. The van der Waals surface area contributed by atoms with Crippen LogP contribution < -0.4 is 0 Å². The van der Waals surface area contributed by atoms with Gasteiger partial charge in [-0.1, -0.05) is 0 Å². The van der Waals surface area contributed by atoms with Gasteiger partial charge < -0.3 is 4.74 Å². The van der Waals surface area contributed by atoms with Crippen LogP contribution in [0.5, 0.6) is 0 Å². The van der Waals surface area contributed by atoms with Gasteiger partial charge in [0.15, 0.2) is 0 Å². The molecule has 19 heavy (non-hydrogen) atoms. The van der Waals surface area contributed by atoms with Crippen LogP contribution in [0.15, 0.2) is 18.2 Å². The molecule has 0 radical (unpaired) electrons. The Morgan fingerprint density at radius 2 is 1.89 bits per heavy atom. The molecule has 0 amide bonds. The molecule has 1 saturated heterocycles. The monoisotopic (exact) mass is 277 g/mol. The third-order valence-electron chi connectivity index (χ3n) is 3.49. The lowest BCUT2D eigenvalue weighted by Gasteiger charge is -2.28. The molecule has 0 N–H and O–H groups in total. The van der Waals surface area contributed by atoms with Gasteiger partial charge in [0.05, 0.1) is 6.54 Å².